The van der Waals surface area contributed by atoms with Crippen LogP contribution in [-0.2, 0) is 23.7 Å². The summed E-state index contributed by atoms with van der Waals surface area (Å²) in [6.07, 6.45) is 7.63. The van der Waals surface area contributed by atoms with Crippen molar-refractivity contribution in [2.24, 2.45) is 23.7 Å². The Balaban J connectivity index is 1.38. The molecule has 4 heterocycles. The van der Waals surface area contributed by atoms with Crippen LogP contribution in [-0.4, -0.2) is 39.2 Å². The zero-order valence-corrected chi connectivity index (χ0v) is 21.3. The lowest BCUT2D eigenvalue weighted by molar-refractivity contribution is -0.567. The molecule has 30 heavy (non-hydrogen) atoms. The summed E-state index contributed by atoms with van der Waals surface area (Å²) in [7, 11) is -1.65. The molecule has 1 unspecified atom stereocenters. The van der Waals surface area contributed by atoms with Gasteiger partial charge in [-0.2, -0.15) is 0 Å². The van der Waals surface area contributed by atoms with E-state index in [9.17, 15) is 0 Å². The molecule has 1 aliphatic carbocycles. The molecular weight excluding hydrogens is 396 g/mol. The van der Waals surface area contributed by atoms with Gasteiger partial charge in [-0.1, -0.05) is 34.1 Å². The third kappa shape index (κ3) is 3.94. The molecule has 0 radical (unpaired) electrons. The topological polar surface area (TPSA) is 46.2 Å². The minimum Gasteiger partial charge on any atom is -0.417 e. The molecule has 5 fully saturated rings. The average molecular weight is 441 g/mol. The Bertz CT molecular complexity index is 619. The molecule has 1 spiro atoms. The van der Waals surface area contributed by atoms with Crippen LogP contribution < -0.4 is 0 Å². The first-order valence-corrected chi connectivity index (χ1v) is 15.2. The van der Waals surface area contributed by atoms with E-state index in [-0.39, 0.29) is 11.3 Å². The standard InChI is InChI=1S/C24H44O5Si/c1-17-11-12-20-18(10-8-9-15-26-30(6,7)22(2,3)4)16-25-21-24(20)19(17)13-14-23(5,27-21)28-29-24/h17-21H,8-16H2,1-7H3/t17-,18+,19+,20+,21?,23-,24-/m1/s1. The molecule has 6 heteroatoms. The molecule has 174 valence electrons. The quantitative estimate of drug-likeness (QED) is 0.286. The molecule has 4 saturated heterocycles. The van der Waals surface area contributed by atoms with E-state index in [0.29, 0.717) is 23.7 Å². The summed E-state index contributed by atoms with van der Waals surface area (Å²) in [5.41, 5.74) is -0.422. The number of ether oxygens (including phenoxy) is 2. The molecule has 0 N–H and O–H groups in total. The summed E-state index contributed by atoms with van der Waals surface area (Å²) in [4.78, 5) is 12.2. The molecule has 2 bridgehead atoms. The lowest BCUT2D eigenvalue weighted by Crippen LogP contribution is -2.69. The van der Waals surface area contributed by atoms with Gasteiger partial charge in [-0.25, -0.2) is 9.78 Å². The van der Waals surface area contributed by atoms with Gasteiger partial charge in [-0.05, 0) is 74.9 Å². The molecule has 0 aromatic carbocycles. The molecule has 0 aromatic rings. The Morgan fingerprint density at radius 1 is 1.03 bits per heavy atom. The van der Waals surface area contributed by atoms with Crippen molar-refractivity contribution in [1.82, 2.24) is 0 Å². The van der Waals surface area contributed by atoms with Crippen LogP contribution in [0.2, 0.25) is 18.1 Å². The van der Waals surface area contributed by atoms with Crippen LogP contribution in [0.3, 0.4) is 0 Å². The van der Waals surface area contributed by atoms with Gasteiger partial charge >= 0.3 is 0 Å². The maximum absolute atomic E-state index is 6.38. The summed E-state index contributed by atoms with van der Waals surface area (Å²) >= 11 is 0. The number of hydrogen-bond donors (Lipinski definition) is 0. The first kappa shape index (κ1) is 23.2. The number of hydrogen-bond acceptors (Lipinski definition) is 5. The zero-order chi connectivity index (χ0) is 21.8. The van der Waals surface area contributed by atoms with Gasteiger partial charge < -0.3 is 13.9 Å². The largest absolute Gasteiger partial charge is 0.417 e. The van der Waals surface area contributed by atoms with Gasteiger partial charge in [0.15, 0.2) is 20.2 Å². The molecule has 5 nitrogen and oxygen atoms in total. The van der Waals surface area contributed by atoms with E-state index in [1.54, 1.807) is 0 Å². The van der Waals surface area contributed by atoms with Crippen molar-refractivity contribution in [2.75, 3.05) is 13.2 Å². The highest BCUT2D eigenvalue weighted by Crippen LogP contribution is 2.60. The third-order valence-electron chi connectivity index (χ3n) is 9.04. The van der Waals surface area contributed by atoms with Crippen LogP contribution in [0.25, 0.3) is 0 Å². The van der Waals surface area contributed by atoms with E-state index in [1.807, 2.05) is 6.92 Å². The Morgan fingerprint density at radius 2 is 1.80 bits per heavy atom. The van der Waals surface area contributed by atoms with Crippen molar-refractivity contribution in [1.29, 1.82) is 0 Å². The predicted octanol–water partition coefficient (Wildman–Crippen LogP) is 6.04. The second-order valence-corrected chi connectivity index (χ2v) is 16.9. The minimum absolute atomic E-state index is 0.276. The van der Waals surface area contributed by atoms with Crippen LogP contribution in [0.1, 0.15) is 79.6 Å². The zero-order valence-electron chi connectivity index (χ0n) is 20.3. The first-order valence-electron chi connectivity index (χ1n) is 12.3. The van der Waals surface area contributed by atoms with E-state index in [1.165, 1.54) is 25.7 Å². The van der Waals surface area contributed by atoms with Crippen LogP contribution in [0, 0.1) is 23.7 Å². The van der Waals surface area contributed by atoms with Crippen molar-refractivity contribution in [3.8, 4) is 0 Å². The van der Waals surface area contributed by atoms with E-state index >= 15 is 0 Å². The second kappa shape index (κ2) is 8.10. The summed E-state index contributed by atoms with van der Waals surface area (Å²) < 4.78 is 19.1. The molecule has 0 amide bonds. The van der Waals surface area contributed by atoms with Gasteiger partial charge in [0.25, 0.3) is 0 Å². The van der Waals surface area contributed by atoms with Gasteiger partial charge in [0.2, 0.25) is 5.79 Å². The Kier molecular flexibility index (Phi) is 6.26. The molecule has 5 aliphatic rings. The normalized spacial score (nSPS) is 43.9. The minimum atomic E-state index is -1.65. The van der Waals surface area contributed by atoms with Crippen LogP contribution in [0.5, 0.6) is 0 Å². The SMILES string of the molecule is C[C@@H]1CC[C@H]2[C@@H](CCCCO[Si](C)(C)C(C)(C)C)COC3O[C@@]4(C)CC[C@@H]1[C@]32OO4. The van der Waals surface area contributed by atoms with Crippen molar-refractivity contribution >= 4 is 8.32 Å². The molecule has 0 aromatic heterocycles. The Labute approximate surface area is 184 Å². The van der Waals surface area contributed by atoms with Crippen LogP contribution in [0.15, 0.2) is 0 Å². The van der Waals surface area contributed by atoms with E-state index < -0.39 is 19.7 Å². The van der Waals surface area contributed by atoms with Gasteiger partial charge in [-0.3, -0.25) is 0 Å². The van der Waals surface area contributed by atoms with E-state index in [4.69, 9.17) is 23.7 Å². The lowest BCUT2D eigenvalue weighted by atomic mass is 9.57. The molecule has 7 atom stereocenters. The number of fused-ring (bicyclic) bond motifs is 2. The summed E-state index contributed by atoms with van der Waals surface area (Å²) in [5, 5.41) is 0.276. The van der Waals surface area contributed by atoms with Crippen LogP contribution in [0.4, 0.5) is 0 Å². The van der Waals surface area contributed by atoms with E-state index in [0.717, 1.165) is 32.5 Å². The lowest BCUT2D eigenvalue weighted by Gasteiger charge is -2.59. The van der Waals surface area contributed by atoms with Crippen LogP contribution >= 0.6 is 0 Å². The fraction of sp³-hybridized carbons (Fsp3) is 1.00. The summed E-state index contributed by atoms with van der Waals surface area (Å²) in [5.74, 6) is 1.39. The van der Waals surface area contributed by atoms with Gasteiger partial charge in [0, 0.05) is 18.9 Å². The highest BCUT2D eigenvalue weighted by atomic mass is 28.4. The summed E-state index contributed by atoms with van der Waals surface area (Å²) in [6, 6.07) is 0. The average Bonchev–Trinajstić information content (AvgIpc) is 2.89. The fourth-order valence-electron chi connectivity index (χ4n) is 6.06. The first-order chi connectivity index (χ1) is 14.0. The fourth-order valence-corrected chi connectivity index (χ4v) is 7.15. The third-order valence-corrected chi connectivity index (χ3v) is 13.6. The smallest absolute Gasteiger partial charge is 0.201 e. The predicted molar refractivity (Wildman–Crippen MR) is 119 cm³/mol. The molecule has 4 aliphatic heterocycles. The van der Waals surface area contributed by atoms with Gasteiger partial charge in [-0.15, -0.1) is 0 Å². The monoisotopic (exact) mass is 440 g/mol. The Hall–Kier alpha value is 0.0169. The molecular formula is C24H44O5Si. The maximum atomic E-state index is 6.38. The number of rotatable bonds is 6. The summed E-state index contributed by atoms with van der Waals surface area (Å²) in [6.45, 7) is 17.6. The second-order valence-electron chi connectivity index (χ2n) is 12.1. The van der Waals surface area contributed by atoms with Crippen molar-refractivity contribution in [3.05, 3.63) is 0 Å². The van der Waals surface area contributed by atoms with E-state index in [2.05, 4.69) is 40.8 Å². The molecule has 5 rings (SSSR count). The maximum Gasteiger partial charge on any atom is 0.201 e. The van der Waals surface area contributed by atoms with Crippen molar-refractivity contribution in [2.45, 2.75) is 115 Å². The molecule has 1 saturated carbocycles. The van der Waals surface area contributed by atoms with Gasteiger partial charge in [0.1, 0.15) is 0 Å². The highest BCUT2D eigenvalue weighted by Gasteiger charge is 2.68. The van der Waals surface area contributed by atoms with Gasteiger partial charge in [0.05, 0.1) is 6.61 Å². The Morgan fingerprint density at radius 3 is 2.53 bits per heavy atom. The highest BCUT2D eigenvalue weighted by molar-refractivity contribution is 6.74. The van der Waals surface area contributed by atoms with Crippen molar-refractivity contribution in [3.63, 3.8) is 0 Å². The van der Waals surface area contributed by atoms with Crippen molar-refractivity contribution < 1.29 is 23.7 Å². The number of unbranched alkanes of at least 4 members (excludes halogenated alkanes) is 1.